The Balaban J connectivity index is 1.87. The van der Waals surface area contributed by atoms with Crippen molar-refractivity contribution >= 4 is 24.1 Å². The zero-order valence-corrected chi connectivity index (χ0v) is 14.4. The van der Waals surface area contributed by atoms with E-state index in [9.17, 15) is 4.39 Å². The molecule has 4 heteroatoms. The molecule has 0 unspecified atom stereocenters. The van der Waals surface area contributed by atoms with Crippen molar-refractivity contribution < 1.29 is 4.39 Å². The lowest BCUT2D eigenvalue weighted by molar-refractivity contribution is 0.627. The first kappa shape index (κ1) is 15.7. The fourth-order valence-corrected chi connectivity index (χ4v) is 5.08. The van der Waals surface area contributed by atoms with Gasteiger partial charge < -0.3 is 0 Å². The zero-order valence-electron chi connectivity index (χ0n) is 13.5. The van der Waals surface area contributed by atoms with E-state index in [4.69, 9.17) is 0 Å². The first-order chi connectivity index (χ1) is 12.3. The molecule has 0 spiro atoms. The summed E-state index contributed by atoms with van der Waals surface area (Å²) in [6, 6.07) is 27.3. The molecule has 0 aliphatic heterocycles. The molecule has 2 nitrogen and oxygen atoms in total. The second kappa shape index (κ2) is 7.00. The first-order valence-electron chi connectivity index (χ1n) is 8.02. The van der Waals surface area contributed by atoms with Crippen LogP contribution in [0, 0.1) is 5.82 Å². The fourth-order valence-electron chi connectivity index (χ4n) is 2.80. The molecule has 0 saturated heterocycles. The number of benzene rings is 3. The van der Waals surface area contributed by atoms with Gasteiger partial charge in [-0.3, -0.25) is 4.57 Å². The maximum Gasteiger partial charge on any atom is 0.145 e. The molecule has 4 aromatic rings. The van der Waals surface area contributed by atoms with Gasteiger partial charge in [0, 0.05) is 26.0 Å². The van der Waals surface area contributed by atoms with Crippen LogP contribution in [0.25, 0.3) is 5.69 Å². The van der Waals surface area contributed by atoms with Crippen LogP contribution in [0.3, 0.4) is 0 Å². The normalized spacial score (nSPS) is 11.0. The molecule has 3 aromatic carbocycles. The van der Waals surface area contributed by atoms with E-state index in [1.54, 1.807) is 18.3 Å². The van der Waals surface area contributed by atoms with Crippen LogP contribution >= 0.6 is 7.92 Å². The molecular weight excluding hydrogens is 330 g/mol. The number of imidazole rings is 1. The molecule has 0 radical (unpaired) electrons. The lowest BCUT2D eigenvalue weighted by Crippen LogP contribution is -2.27. The molecule has 0 saturated carbocycles. The average molecular weight is 346 g/mol. The summed E-state index contributed by atoms with van der Waals surface area (Å²) in [5, 5.41) is 2.47. The van der Waals surface area contributed by atoms with Crippen LogP contribution in [-0.2, 0) is 0 Å². The van der Waals surface area contributed by atoms with Crippen LogP contribution in [0.2, 0.25) is 0 Å². The van der Waals surface area contributed by atoms with E-state index in [2.05, 4.69) is 53.5 Å². The summed E-state index contributed by atoms with van der Waals surface area (Å²) in [4.78, 5) is 4.67. The minimum Gasteiger partial charge on any atom is -0.300 e. The molecule has 0 aliphatic rings. The van der Waals surface area contributed by atoms with E-state index in [0.29, 0.717) is 0 Å². The van der Waals surface area contributed by atoms with Crippen LogP contribution in [-0.4, -0.2) is 9.55 Å². The number of hydrogen-bond donors (Lipinski definition) is 0. The van der Waals surface area contributed by atoms with Gasteiger partial charge in [-0.2, -0.15) is 0 Å². The van der Waals surface area contributed by atoms with Gasteiger partial charge in [0.15, 0.2) is 0 Å². The smallest absolute Gasteiger partial charge is 0.145 e. The van der Waals surface area contributed by atoms with E-state index in [1.165, 1.54) is 22.7 Å². The molecule has 0 amide bonds. The molecule has 0 N–H and O–H groups in total. The Morgan fingerprint density at radius 1 is 0.720 bits per heavy atom. The van der Waals surface area contributed by atoms with Crippen LogP contribution < -0.4 is 16.2 Å². The number of rotatable bonds is 4. The number of hydrogen-bond acceptors (Lipinski definition) is 1. The van der Waals surface area contributed by atoms with Crippen LogP contribution in [0.4, 0.5) is 4.39 Å². The molecule has 1 aromatic heterocycles. The molecule has 0 fully saturated rings. The maximum absolute atomic E-state index is 13.3. The second-order valence-electron chi connectivity index (χ2n) is 5.58. The zero-order chi connectivity index (χ0) is 17.1. The van der Waals surface area contributed by atoms with Gasteiger partial charge in [-0.1, -0.05) is 60.7 Å². The highest BCUT2D eigenvalue weighted by Gasteiger charge is 2.21. The van der Waals surface area contributed by atoms with E-state index < -0.39 is 7.92 Å². The SMILES string of the molecule is Fc1ccc(-n2ccnc2P(c2ccccc2)c2ccccc2)cc1. The Morgan fingerprint density at radius 3 is 1.84 bits per heavy atom. The molecule has 4 rings (SSSR count). The van der Waals surface area contributed by atoms with Gasteiger partial charge in [-0.05, 0) is 34.9 Å². The van der Waals surface area contributed by atoms with E-state index in [1.807, 2.05) is 22.9 Å². The van der Waals surface area contributed by atoms with Gasteiger partial charge in [0.25, 0.3) is 0 Å². The number of nitrogens with zero attached hydrogens (tertiary/aromatic N) is 2. The highest BCUT2D eigenvalue weighted by molar-refractivity contribution is 7.79. The molecular formula is C21H16FN2P. The van der Waals surface area contributed by atoms with Gasteiger partial charge in [0.05, 0.1) is 0 Å². The Hall–Kier alpha value is -2.77. The topological polar surface area (TPSA) is 17.8 Å². The predicted octanol–water partition coefficient (Wildman–Crippen LogP) is 3.77. The maximum atomic E-state index is 13.3. The van der Waals surface area contributed by atoms with E-state index in [-0.39, 0.29) is 5.82 Å². The Bertz CT molecular complexity index is 911. The summed E-state index contributed by atoms with van der Waals surface area (Å²) in [6.07, 6.45) is 3.74. The Morgan fingerprint density at radius 2 is 1.28 bits per heavy atom. The van der Waals surface area contributed by atoms with Crippen molar-refractivity contribution in [3.8, 4) is 5.69 Å². The summed E-state index contributed by atoms with van der Waals surface area (Å²) in [7, 11) is -0.803. The average Bonchev–Trinajstić information content (AvgIpc) is 3.14. The summed E-state index contributed by atoms with van der Waals surface area (Å²) >= 11 is 0. The molecule has 122 valence electrons. The second-order valence-corrected chi connectivity index (χ2v) is 7.68. The fraction of sp³-hybridized carbons (Fsp3) is 0. The first-order valence-corrected chi connectivity index (χ1v) is 9.36. The van der Waals surface area contributed by atoms with Crippen molar-refractivity contribution in [2.75, 3.05) is 0 Å². The van der Waals surface area contributed by atoms with Crippen molar-refractivity contribution in [2.24, 2.45) is 0 Å². The third-order valence-electron chi connectivity index (χ3n) is 3.95. The largest absolute Gasteiger partial charge is 0.300 e. The summed E-state index contributed by atoms with van der Waals surface area (Å²) < 4.78 is 15.3. The lowest BCUT2D eigenvalue weighted by atomic mass is 10.3. The standard InChI is InChI=1S/C21H16FN2P/c22-17-11-13-18(14-12-17)24-16-15-23-21(24)25(19-7-3-1-4-8-19)20-9-5-2-6-10-20/h1-16H. The molecule has 1 heterocycles. The van der Waals surface area contributed by atoms with Gasteiger partial charge in [-0.25, -0.2) is 9.37 Å². The summed E-state index contributed by atoms with van der Waals surface area (Å²) in [5.41, 5.74) is 1.88. The monoisotopic (exact) mass is 346 g/mol. The van der Waals surface area contributed by atoms with E-state index >= 15 is 0 Å². The van der Waals surface area contributed by atoms with Crippen molar-refractivity contribution in [1.29, 1.82) is 0 Å². The van der Waals surface area contributed by atoms with E-state index in [0.717, 1.165) is 11.3 Å². The third-order valence-corrected chi connectivity index (χ3v) is 6.31. The number of halogens is 1. The van der Waals surface area contributed by atoms with Gasteiger partial charge >= 0.3 is 0 Å². The minimum absolute atomic E-state index is 0.237. The molecule has 25 heavy (non-hydrogen) atoms. The van der Waals surface area contributed by atoms with Crippen LogP contribution in [0.15, 0.2) is 97.3 Å². The van der Waals surface area contributed by atoms with Crippen LogP contribution in [0.1, 0.15) is 0 Å². The summed E-state index contributed by atoms with van der Waals surface area (Å²) in [6.45, 7) is 0. The van der Waals surface area contributed by atoms with Crippen molar-refractivity contribution in [3.63, 3.8) is 0 Å². The molecule has 0 bridgehead atoms. The quantitative estimate of drug-likeness (QED) is 0.515. The van der Waals surface area contributed by atoms with Crippen molar-refractivity contribution in [1.82, 2.24) is 9.55 Å². The highest BCUT2D eigenvalue weighted by Crippen LogP contribution is 2.32. The predicted molar refractivity (Wildman–Crippen MR) is 102 cm³/mol. The van der Waals surface area contributed by atoms with Crippen molar-refractivity contribution in [3.05, 3.63) is 103 Å². The third kappa shape index (κ3) is 3.24. The number of aromatic nitrogens is 2. The van der Waals surface area contributed by atoms with Crippen LogP contribution in [0.5, 0.6) is 0 Å². The Labute approximate surface area is 147 Å². The summed E-state index contributed by atoms with van der Waals surface area (Å²) in [5.74, 6) is -0.237. The highest BCUT2D eigenvalue weighted by atomic mass is 31.1. The Kier molecular flexibility index (Phi) is 4.41. The van der Waals surface area contributed by atoms with Gasteiger partial charge in [-0.15, -0.1) is 0 Å². The van der Waals surface area contributed by atoms with Gasteiger partial charge in [0.1, 0.15) is 11.4 Å². The molecule has 0 atom stereocenters. The molecule has 0 aliphatic carbocycles. The van der Waals surface area contributed by atoms with Crippen molar-refractivity contribution in [2.45, 2.75) is 0 Å². The lowest BCUT2D eigenvalue weighted by Gasteiger charge is -2.19. The van der Waals surface area contributed by atoms with Gasteiger partial charge in [0.2, 0.25) is 0 Å². The minimum atomic E-state index is -0.803.